The fourth-order valence-electron chi connectivity index (χ4n) is 3.42. The molecule has 0 heterocycles. The first kappa shape index (κ1) is 29.4. The number of nitrogens with zero attached hydrogens (tertiary/aromatic N) is 2. The lowest BCUT2D eigenvalue weighted by Gasteiger charge is -2.33. The normalized spacial score (nSPS) is 13.1. The van der Waals surface area contributed by atoms with Crippen LogP contribution in [0.1, 0.15) is 39.2 Å². The molecule has 0 radical (unpaired) electrons. The van der Waals surface area contributed by atoms with Crippen LogP contribution in [-0.2, 0) is 26.2 Å². The van der Waals surface area contributed by atoms with E-state index in [1.165, 1.54) is 4.90 Å². The maximum atomic E-state index is 13.6. The molecule has 0 aliphatic heterocycles. The summed E-state index contributed by atoms with van der Waals surface area (Å²) in [5, 5.41) is 3.71. The summed E-state index contributed by atoms with van der Waals surface area (Å²) < 4.78 is 27.0. The van der Waals surface area contributed by atoms with Crippen LogP contribution in [0.3, 0.4) is 0 Å². The number of anilines is 1. The van der Waals surface area contributed by atoms with Crippen molar-refractivity contribution < 1.29 is 18.0 Å². The molecule has 0 fully saturated rings. The van der Waals surface area contributed by atoms with Crippen molar-refractivity contribution in [1.29, 1.82) is 0 Å². The third-order valence-corrected chi connectivity index (χ3v) is 7.79. The van der Waals surface area contributed by atoms with Gasteiger partial charge in [0.05, 0.1) is 11.9 Å². The molecule has 2 amide bonds. The van der Waals surface area contributed by atoms with Crippen LogP contribution >= 0.6 is 39.1 Å². The molecule has 1 N–H and O–H groups in total. The van der Waals surface area contributed by atoms with E-state index in [2.05, 4.69) is 21.2 Å². The van der Waals surface area contributed by atoms with E-state index >= 15 is 0 Å². The first-order valence-electron chi connectivity index (χ1n) is 11.1. The number of halogens is 3. The van der Waals surface area contributed by atoms with Crippen LogP contribution in [0.5, 0.6) is 0 Å². The highest BCUT2D eigenvalue weighted by Crippen LogP contribution is 2.25. The Bertz CT molecular complexity index is 1150. The van der Waals surface area contributed by atoms with Crippen LogP contribution in [0.15, 0.2) is 46.9 Å². The summed E-state index contributed by atoms with van der Waals surface area (Å²) in [7, 11) is -3.80. The summed E-state index contributed by atoms with van der Waals surface area (Å²) in [5.74, 6) is -0.842. The number of sulfonamides is 1. The first-order chi connectivity index (χ1) is 16.4. The molecule has 2 rings (SSSR count). The number of nitrogens with one attached hydrogen (secondary N) is 1. The number of carbonyl (C=O) groups excluding carboxylic acids is 2. The Hall–Kier alpha value is -1.81. The molecule has 192 valence electrons. The highest BCUT2D eigenvalue weighted by molar-refractivity contribution is 9.10. The molecule has 0 saturated heterocycles. The highest BCUT2D eigenvalue weighted by Gasteiger charge is 2.32. The zero-order valence-corrected chi connectivity index (χ0v) is 24.0. The summed E-state index contributed by atoms with van der Waals surface area (Å²) in [6.45, 7) is 5.17. The largest absolute Gasteiger partial charge is 0.352 e. The molecule has 0 saturated carbocycles. The monoisotopic (exact) mass is 605 g/mol. The zero-order chi connectivity index (χ0) is 26.3. The molecule has 0 spiro atoms. The van der Waals surface area contributed by atoms with Gasteiger partial charge in [0.25, 0.3) is 0 Å². The minimum atomic E-state index is -3.80. The summed E-state index contributed by atoms with van der Waals surface area (Å²) in [5.41, 5.74) is 0.930. The zero-order valence-electron chi connectivity index (χ0n) is 20.1. The van der Waals surface area contributed by atoms with Gasteiger partial charge in [0.15, 0.2) is 0 Å². The molecule has 2 aromatic carbocycles. The van der Waals surface area contributed by atoms with E-state index in [1.807, 2.05) is 13.8 Å². The third-order valence-electron chi connectivity index (χ3n) is 5.54. The van der Waals surface area contributed by atoms with E-state index in [-0.39, 0.29) is 18.5 Å². The lowest BCUT2D eigenvalue weighted by Crippen LogP contribution is -2.53. The number of rotatable bonds is 11. The molecule has 0 aliphatic rings. The van der Waals surface area contributed by atoms with Crippen molar-refractivity contribution >= 4 is 66.7 Å². The number of hydrogen-bond acceptors (Lipinski definition) is 4. The second-order valence-corrected chi connectivity index (χ2v) is 11.9. The average Bonchev–Trinajstić information content (AvgIpc) is 2.78. The van der Waals surface area contributed by atoms with Gasteiger partial charge in [-0.05, 0) is 61.7 Å². The van der Waals surface area contributed by atoms with Crippen molar-refractivity contribution in [2.75, 3.05) is 17.1 Å². The standard InChI is InChI=1S/C24H30BrCl2N3O4S/c1-5-16(3)28-24(32)22(6-2)29(14-17-7-10-19(26)13-21(17)27)23(31)15-30(35(4,33)34)20-11-8-18(25)9-12-20/h7-13,16,22H,5-6,14-15H2,1-4H3,(H,28,32)/t16-,22-/m1/s1. The van der Waals surface area contributed by atoms with Crippen molar-refractivity contribution in [1.82, 2.24) is 10.2 Å². The Morgan fingerprint density at radius 2 is 1.69 bits per heavy atom. The second-order valence-electron chi connectivity index (χ2n) is 8.25. The van der Waals surface area contributed by atoms with Gasteiger partial charge in [0.2, 0.25) is 21.8 Å². The van der Waals surface area contributed by atoms with Crippen LogP contribution in [0.25, 0.3) is 0 Å². The van der Waals surface area contributed by atoms with Gasteiger partial charge in [0.1, 0.15) is 12.6 Å². The molecule has 0 aromatic heterocycles. The van der Waals surface area contributed by atoms with Gasteiger partial charge in [-0.3, -0.25) is 13.9 Å². The fraction of sp³-hybridized carbons (Fsp3) is 0.417. The minimum Gasteiger partial charge on any atom is -0.352 e. The number of amides is 2. The van der Waals surface area contributed by atoms with E-state index in [9.17, 15) is 18.0 Å². The van der Waals surface area contributed by atoms with Crippen LogP contribution in [0.2, 0.25) is 10.0 Å². The average molecular weight is 607 g/mol. The Morgan fingerprint density at radius 3 is 2.20 bits per heavy atom. The number of benzene rings is 2. The van der Waals surface area contributed by atoms with E-state index in [0.29, 0.717) is 27.7 Å². The molecule has 11 heteroatoms. The smallest absolute Gasteiger partial charge is 0.244 e. The van der Waals surface area contributed by atoms with Crippen LogP contribution in [-0.4, -0.2) is 50.0 Å². The van der Waals surface area contributed by atoms with E-state index < -0.39 is 28.5 Å². The van der Waals surface area contributed by atoms with Gasteiger partial charge in [-0.15, -0.1) is 0 Å². The Labute approximate surface area is 225 Å². The van der Waals surface area contributed by atoms with Crippen molar-refractivity contribution in [2.24, 2.45) is 0 Å². The maximum absolute atomic E-state index is 13.6. The third kappa shape index (κ3) is 8.37. The van der Waals surface area contributed by atoms with Crippen LogP contribution < -0.4 is 9.62 Å². The van der Waals surface area contributed by atoms with Crippen molar-refractivity contribution in [3.63, 3.8) is 0 Å². The van der Waals surface area contributed by atoms with E-state index in [0.717, 1.165) is 21.5 Å². The van der Waals surface area contributed by atoms with Crippen molar-refractivity contribution in [3.8, 4) is 0 Å². The fourth-order valence-corrected chi connectivity index (χ4v) is 5.00. The highest BCUT2D eigenvalue weighted by atomic mass is 79.9. The van der Waals surface area contributed by atoms with Gasteiger partial charge in [-0.25, -0.2) is 8.42 Å². The lowest BCUT2D eigenvalue weighted by atomic mass is 10.1. The molecule has 0 aliphatic carbocycles. The lowest BCUT2D eigenvalue weighted by molar-refractivity contribution is -0.140. The molecule has 7 nitrogen and oxygen atoms in total. The maximum Gasteiger partial charge on any atom is 0.244 e. The van der Waals surface area contributed by atoms with Gasteiger partial charge in [-0.2, -0.15) is 0 Å². The molecular weight excluding hydrogens is 577 g/mol. The molecule has 2 aromatic rings. The van der Waals surface area contributed by atoms with Crippen molar-refractivity contribution in [3.05, 3.63) is 62.5 Å². The molecular formula is C24H30BrCl2N3O4S. The Morgan fingerprint density at radius 1 is 1.06 bits per heavy atom. The summed E-state index contributed by atoms with van der Waals surface area (Å²) in [6.07, 6.45) is 2.09. The Balaban J connectivity index is 2.46. The summed E-state index contributed by atoms with van der Waals surface area (Å²) >= 11 is 15.7. The van der Waals surface area contributed by atoms with E-state index in [4.69, 9.17) is 23.2 Å². The molecule has 0 bridgehead atoms. The molecule has 35 heavy (non-hydrogen) atoms. The van der Waals surface area contributed by atoms with Gasteiger partial charge >= 0.3 is 0 Å². The Kier molecular flexibility index (Phi) is 10.9. The second kappa shape index (κ2) is 12.9. The van der Waals surface area contributed by atoms with E-state index in [1.54, 1.807) is 49.4 Å². The molecule has 0 unspecified atom stereocenters. The topological polar surface area (TPSA) is 86.8 Å². The van der Waals surface area contributed by atoms with Crippen LogP contribution in [0, 0.1) is 0 Å². The molecule has 2 atom stereocenters. The van der Waals surface area contributed by atoms with Gasteiger partial charge in [-0.1, -0.05) is 59.0 Å². The quantitative estimate of drug-likeness (QED) is 0.379. The summed E-state index contributed by atoms with van der Waals surface area (Å²) in [6, 6.07) is 10.6. The predicted octanol–water partition coefficient (Wildman–Crippen LogP) is 5.24. The SMILES string of the molecule is CC[C@@H](C)NC(=O)[C@@H](CC)N(Cc1ccc(Cl)cc1Cl)C(=O)CN(c1ccc(Br)cc1)S(C)(=O)=O. The predicted molar refractivity (Wildman–Crippen MR) is 145 cm³/mol. The number of hydrogen-bond donors (Lipinski definition) is 1. The van der Waals surface area contributed by atoms with Gasteiger partial charge < -0.3 is 10.2 Å². The van der Waals surface area contributed by atoms with Gasteiger partial charge in [0, 0.05) is 27.1 Å². The summed E-state index contributed by atoms with van der Waals surface area (Å²) in [4.78, 5) is 28.1. The number of carbonyl (C=O) groups is 2. The van der Waals surface area contributed by atoms with Crippen LogP contribution in [0.4, 0.5) is 5.69 Å². The first-order valence-corrected chi connectivity index (χ1v) is 14.5. The van der Waals surface area contributed by atoms with Crippen molar-refractivity contribution in [2.45, 2.75) is 52.2 Å². The minimum absolute atomic E-state index is 0.0131.